The van der Waals surface area contributed by atoms with E-state index in [2.05, 4.69) is 15.2 Å². The molecule has 0 bridgehead atoms. The number of amides is 1. The molecule has 26 heavy (non-hydrogen) atoms. The van der Waals surface area contributed by atoms with Crippen molar-refractivity contribution in [2.24, 2.45) is 0 Å². The number of piperidine rings is 1. The number of halogens is 1. The predicted octanol–water partition coefficient (Wildman–Crippen LogP) is 4.00. The van der Waals surface area contributed by atoms with Gasteiger partial charge in [0.05, 0.1) is 10.7 Å². The van der Waals surface area contributed by atoms with Gasteiger partial charge < -0.3 is 4.90 Å². The smallest absolute Gasteiger partial charge is 0.271 e. The third kappa shape index (κ3) is 3.26. The maximum absolute atomic E-state index is 13.4. The quantitative estimate of drug-likeness (QED) is 0.758. The van der Waals surface area contributed by atoms with Gasteiger partial charge in [0, 0.05) is 36.1 Å². The Bertz CT molecular complexity index is 914. The Hall–Kier alpha value is -2.54. The van der Waals surface area contributed by atoms with Gasteiger partial charge in [0.15, 0.2) is 0 Å². The standard InChI is InChI=1S/C19H19FN4OS/c1-12-10-14(2-3-15(12)20)16-11-17(23-22-16)19(25)24-7-4-13(5-8-24)18-21-6-9-26-18/h2-3,6,9-11,13H,4-5,7-8H2,1H3,(H,22,23). The molecule has 134 valence electrons. The molecule has 0 saturated carbocycles. The second-order valence-corrected chi connectivity index (χ2v) is 7.49. The summed E-state index contributed by atoms with van der Waals surface area (Å²) in [6.45, 7) is 3.14. The molecule has 1 fully saturated rings. The van der Waals surface area contributed by atoms with Crippen molar-refractivity contribution in [1.29, 1.82) is 0 Å². The van der Waals surface area contributed by atoms with Crippen LogP contribution in [0, 0.1) is 12.7 Å². The number of thiazole rings is 1. The number of aryl methyl sites for hydroxylation is 1. The highest BCUT2D eigenvalue weighted by Gasteiger charge is 2.26. The van der Waals surface area contributed by atoms with E-state index in [4.69, 9.17) is 0 Å². The minimum atomic E-state index is -0.247. The number of hydrogen-bond acceptors (Lipinski definition) is 4. The molecule has 1 aliphatic heterocycles. The van der Waals surface area contributed by atoms with Crippen LogP contribution in [0.5, 0.6) is 0 Å². The van der Waals surface area contributed by atoms with Crippen molar-refractivity contribution < 1.29 is 9.18 Å². The number of nitrogens with one attached hydrogen (secondary N) is 1. The summed E-state index contributed by atoms with van der Waals surface area (Å²) in [6.07, 6.45) is 3.69. The second-order valence-electron chi connectivity index (χ2n) is 6.57. The first kappa shape index (κ1) is 16.9. The lowest BCUT2D eigenvalue weighted by Crippen LogP contribution is -2.38. The first-order chi connectivity index (χ1) is 12.6. The predicted molar refractivity (Wildman–Crippen MR) is 98.7 cm³/mol. The topological polar surface area (TPSA) is 61.9 Å². The maximum Gasteiger partial charge on any atom is 0.271 e. The lowest BCUT2D eigenvalue weighted by molar-refractivity contribution is 0.0707. The lowest BCUT2D eigenvalue weighted by Gasteiger charge is -2.30. The maximum atomic E-state index is 13.4. The summed E-state index contributed by atoms with van der Waals surface area (Å²) in [5, 5.41) is 10.2. The Balaban J connectivity index is 1.44. The highest BCUT2D eigenvalue weighted by atomic mass is 32.1. The Labute approximate surface area is 154 Å². The van der Waals surface area contributed by atoms with Crippen molar-refractivity contribution >= 4 is 17.2 Å². The van der Waals surface area contributed by atoms with Crippen molar-refractivity contribution in [2.75, 3.05) is 13.1 Å². The van der Waals surface area contributed by atoms with Crippen LogP contribution in [0.25, 0.3) is 11.3 Å². The molecular formula is C19H19FN4OS. The van der Waals surface area contributed by atoms with Crippen LogP contribution < -0.4 is 0 Å². The summed E-state index contributed by atoms with van der Waals surface area (Å²) >= 11 is 1.68. The molecule has 7 heteroatoms. The molecule has 1 saturated heterocycles. The van der Waals surface area contributed by atoms with E-state index >= 15 is 0 Å². The summed E-state index contributed by atoms with van der Waals surface area (Å²) < 4.78 is 13.4. The van der Waals surface area contributed by atoms with Crippen LogP contribution in [0.3, 0.4) is 0 Å². The van der Waals surface area contributed by atoms with Crippen LogP contribution in [0.4, 0.5) is 4.39 Å². The number of aromatic nitrogens is 3. The molecule has 0 unspecified atom stereocenters. The zero-order valence-electron chi connectivity index (χ0n) is 14.4. The van der Waals surface area contributed by atoms with Gasteiger partial charge in [-0.2, -0.15) is 5.10 Å². The van der Waals surface area contributed by atoms with E-state index in [9.17, 15) is 9.18 Å². The Kier molecular flexibility index (Phi) is 4.55. The molecule has 1 aliphatic rings. The van der Waals surface area contributed by atoms with Crippen molar-refractivity contribution in [3.05, 3.63) is 57.9 Å². The van der Waals surface area contributed by atoms with Crippen molar-refractivity contribution in [1.82, 2.24) is 20.1 Å². The van der Waals surface area contributed by atoms with Gasteiger partial charge in [0.1, 0.15) is 11.5 Å². The summed E-state index contributed by atoms with van der Waals surface area (Å²) in [7, 11) is 0. The molecule has 4 rings (SSSR count). The fourth-order valence-corrected chi connectivity index (χ4v) is 4.13. The number of aromatic amines is 1. The average Bonchev–Trinajstić information content (AvgIpc) is 3.36. The summed E-state index contributed by atoms with van der Waals surface area (Å²) in [4.78, 5) is 19.0. The highest BCUT2D eigenvalue weighted by Crippen LogP contribution is 2.30. The molecule has 2 aromatic heterocycles. The van der Waals surface area contributed by atoms with E-state index < -0.39 is 0 Å². The van der Waals surface area contributed by atoms with Crippen LogP contribution in [0.1, 0.15) is 39.8 Å². The minimum Gasteiger partial charge on any atom is -0.337 e. The van der Waals surface area contributed by atoms with E-state index in [0.29, 0.717) is 36.0 Å². The normalized spacial score (nSPS) is 15.4. The zero-order valence-corrected chi connectivity index (χ0v) is 15.2. The SMILES string of the molecule is Cc1cc(-c2cc(C(=O)N3CCC(c4nccs4)CC3)[nH]n2)ccc1F. The van der Waals surface area contributed by atoms with E-state index in [1.165, 1.54) is 6.07 Å². The van der Waals surface area contributed by atoms with E-state index in [0.717, 1.165) is 23.4 Å². The molecule has 1 aromatic carbocycles. The fraction of sp³-hybridized carbons (Fsp3) is 0.316. The Morgan fingerprint density at radius 1 is 1.31 bits per heavy atom. The minimum absolute atomic E-state index is 0.0415. The molecule has 1 N–H and O–H groups in total. The fourth-order valence-electron chi connectivity index (χ4n) is 3.32. The molecule has 3 aromatic rings. The number of benzene rings is 1. The van der Waals surface area contributed by atoms with E-state index in [1.54, 1.807) is 36.5 Å². The van der Waals surface area contributed by atoms with Crippen LogP contribution in [0.2, 0.25) is 0 Å². The lowest BCUT2D eigenvalue weighted by atomic mass is 9.97. The third-order valence-corrected chi connectivity index (χ3v) is 5.78. The molecular weight excluding hydrogens is 351 g/mol. The zero-order chi connectivity index (χ0) is 18.1. The van der Waals surface area contributed by atoms with Gasteiger partial charge in [0.2, 0.25) is 0 Å². The first-order valence-electron chi connectivity index (χ1n) is 8.62. The van der Waals surface area contributed by atoms with E-state index in [1.807, 2.05) is 16.5 Å². The summed E-state index contributed by atoms with van der Waals surface area (Å²) in [6, 6.07) is 6.57. The average molecular weight is 370 g/mol. The number of hydrogen-bond donors (Lipinski definition) is 1. The molecule has 1 amide bonds. The van der Waals surface area contributed by atoms with Crippen LogP contribution in [-0.4, -0.2) is 39.1 Å². The van der Waals surface area contributed by atoms with Gasteiger partial charge in [-0.25, -0.2) is 9.37 Å². The van der Waals surface area contributed by atoms with Gasteiger partial charge in [-0.1, -0.05) is 0 Å². The number of nitrogens with zero attached hydrogens (tertiary/aromatic N) is 3. The molecule has 3 heterocycles. The number of rotatable bonds is 3. The molecule has 0 aliphatic carbocycles. The van der Waals surface area contributed by atoms with Crippen molar-refractivity contribution in [2.45, 2.75) is 25.7 Å². The highest BCUT2D eigenvalue weighted by molar-refractivity contribution is 7.09. The largest absolute Gasteiger partial charge is 0.337 e. The molecule has 0 spiro atoms. The van der Waals surface area contributed by atoms with Gasteiger partial charge in [0.25, 0.3) is 5.91 Å². The van der Waals surface area contributed by atoms with Gasteiger partial charge in [-0.05, 0) is 49.6 Å². The number of carbonyl (C=O) groups is 1. The Morgan fingerprint density at radius 3 is 2.81 bits per heavy atom. The summed E-state index contributed by atoms with van der Waals surface area (Å²) in [5.41, 5.74) is 2.47. The monoisotopic (exact) mass is 370 g/mol. The third-order valence-electron chi connectivity index (χ3n) is 4.84. The first-order valence-corrected chi connectivity index (χ1v) is 9.50. The van der Waals surface area contributed by atoms with Crippen LogP contribution in [0.15, 0.2) is 35.8 Å². The van der Waals surface area contributed by atoms with Crippen LogP contribution in [-0.2, 0) is 0 Å². The van der Waals surface area contributed by atoms with Gasteiger partial charge >= 0.3 is 0 Å². The summed E-state index contributed by atoms with van der Waals surface area (Å²) in [5.74, 6) is 0.155. The van der Waals surface area contributed by atoms with E-state index in [-0.39, 0.29) is 11.7 Å². The molecule has 0 atom stereocenters. The number of H-pyrrole nitrogens is 1. The van der Waals surface area contributed by atoms with Crippen molar-refractivity contribution in [3.63, 3.8) is 0 Å². The Morgan fingerprint density at radius 2 is 2.12 bits per heavy atom. The molecule has 0 radical (unpaired) electrons. The number of likely N-dealkylation sites (tertiary alicyclic amines) is 1. The van der Waals surface area contributed by atoms with Gasteiger partial charge in [-0.15, -0.1) is 11.3 Å². The van der Waals surface area contributed by atoms with Gasteiger partial charge in [-0.3, -0.25) is 9.89 Å². The molecule has 5 nitrogen and oxygen atoms in total. The number of carbonyl (C=O) groups excluding carboxylic acids is 1. The van der Waals surface area contributed by atoms with Crippen molar-refractivity contribution in [3.8, 4) is 11.3 Å². The van der Waals surface area contributed by atoms with Crippen LogP contribution >= 0.6 is 11.3 Å². The second kappa shape index (κ2) is 6.99.